The van der Waals surface area contributed by atoms with Gasteiger partial charge in [-0.05, 0) is 59.7 Å². The van der Waals surface area contributed by atoms with Gasteiger partial charge in [-0.1, -0.05) is 13.8 Å². The molecular formula is C14H21IN2O2. The minimum Gasteiger partial charge on any atom is -0.507 e. The monoisotopic (exact) mass is 376 g/mol. The van der Waals surface area contributed by atoms with E-state index in [4.69, 9.17) is 5.73 Å². The number of carbonyl (C=O) groups is 1. The Labute approximate surface area is 128 Å². The quantitative estimate of drug-likeness (QED) is 0.776. The number of amides is 1. The van der Waals surface area contributed by atoms with E-state index in [0.29, 0.717) is 25.2 Å². The van der Waals surface area contributed by atoms with E-state index in [9.17, 15) is 9.90 Å². The summed E-state index contributed by atoms with van der Waals surface area (Å²) >= 11 is 2.03. The van der Waals surface area contributed by atoms with Crippen LogP contribution in [0.15, 0.2) is 18.2 Å². The third-order valence-electron chi connectivity index (χ3n) is 3.03. The first-order valence-electron chi connectivity index (χ1n) is 6.28. The molecule has 1 aromatic rings. The van der Waals surface area contributed by atoms with E-state index in [1.165, 1.54) is 6.07 Å². The van der Waals surface area contributed by atoms with E-state index in [0.717, 1.165) is 3.57 Å². The summed E-state index contributed by atoms with van der Waals surface area (Å²) in [5.41, 5.74) is 6.11. The SMILES string of the molecule is CCN(CC(C)(C)CN)C(=O)c1ccc(I)c(O)c1. The van der Waals surface area contributed by atoms with Crippen LogP contribution in [0.4, 0.5) is 0 Å². The van der Waals surface area contributed by atoms with Gasteiger partial charge in [0.1, 0.15) is 5.75 Å². The minimum absolute atomic E-state index is 0.0734. The Balaban J connectivity index is 2.92. The molecule has 0 aromatic heterocycles. The lowest BCUT2D eigenvalue weighted by molar-refractivity contribution is 0.0700. The van der Waals surface area contributed by atoms with Crippen LogP contribution < -0.4 is 5.73 Å². The zero-order valence-corrected chi connectivity index (χ0v) is 13.8. The maximum Gasteiger partial charge on any atom is 0.253 e. The Morgan fingerprint density at radius 1 is 1.47 bits per heavy atom. The number of aromatic hydroxyl groups is 1. The standard InChI is InChI=1S/C14H21IN2O2/c1-4-17(9-14(2,3)8-16)13(19)10-5-6-11(15)12(18)7-10/h5-7,18H,4,8-9,16H2,1-3H3. The van der Waals surface area contributed by atoms with Crippen LogP contribution in [0.5, 0.6) is 5.75 Å². The summed E-state index contributed by atoms with van der Waals surface area (Å²) in [5.74, 6) is 0.0660. The van der Waals surface area contributed by atoms with E-state index in [1.54, 1.807) is 17.0 Å². The normalized spacial score (nSPS) is 11.4. The fraction of sp³-hybridized carbons (Fsp3) is 0.500. The highest BCUT2D eigenvalue weighted by Crippen LogP contribution is 2.22. The molecule has 3 N–H and O–H groups in total. The van der Waals surface area contributed by atoms with Gasteiger partial charge < -0.3 is 15.7 Å². The molecule has 5 heteroatoms. The summed E-state index contributed by atoms with van der Waals surface area (Å²) in [5, 5.41) is 9.68. The second kappa shape index (κ2) is 6.56. The molecule has 106 valence electrons. The van der Waals surface area contributed by atoms with Gasteiger partial charge in [-0.25, -0.2) is 0 Å². The maximum absolute atomic E-state index is 12.4. The van der Waals surface area contributed by atoms with Gasteiger partial charge in [0.2, 0.25) is 0 Å². The van der Waals surface area contributed by atoms with Crippen LogP contribution in [-0.2, 0) is 0 Å². The molecule has 0 aliphatic heterocycles. The van der Waals surface area contributed by atoms with Crippen LogP contribution >= 0.6 is 22.6 Å². The van der Waals surface area contributed by atoms with Crippen LogP contribution in [0.3, 0.4) is 0 Å². The molecule has 0 spiro atoms. The molecule has 0 heterocycles. The lowest BCUT2D eigenvalue weighted by atomic mass is 9.93. The van der Waals surface area contributed by atoms with Gasteiger partial charge in [0.15, 0.2) is 0 Å². The summed E-state index contributed by atoms with van der Waals surface area (Å²) in [7, 11) is 0. The highest BCUT2D eigenvalue weighted by Gasteiger charge is 2.23. The van der Waals surface area contributed by atoms with Crippen molar-refractivity contribution in [3.05, 3.63) is 27.3 Å². The molecule has 4 nitrogen and oxygen atoms in total. The van der Waals surface area contributed by atoms with Crippen molar-refractivity contribution in [1.82, 2.24) is 4.90 Å². The van der Waals surface area contributed by atoms with Crippen LogP contribution in [0, 0.1) is 8.99 Å². The van der Waals surface area contributed by atoms with E-state index in [1.807, 2.05) is 43.4 Å². The molecule has 19 heavy (non-hydrogen) atoms. The molecular weight excluding hydrogens is 355 g/mol. The third kappa shape index (κ3) is 4.35. The van der Waals surface area contributed by atoms with Crippen molar-refractivity contribution in [3.8, 4) is 5.75 Å². The number of hydrogen-bond acceptors (Lipinski definition) is 3. The first kappa shape index (κ1) is 16.2. The number of nitrogens with zero attached hydrogens (tertiary/aromatic N) is 1. The van der Waals surface area contributed by atoms with Crippen molar-refractivity contribution in [3.63, 3.8) is 0 Å². The predicted molar refractivity (Wildman–Crippen MR) is 85.2 cm³/mol. The second-order valence-electron chi connectivity index (χ2n) is 5.35. The Morgan fingerprint density at radius 3 is 2.58 bits per heavy atom. The molecule has 0 aliphatic carbocycles. The smallest absolute Gasteiger partial charge is 0.253 e. The number of hydrogen-bond donors (Lipinski definition) is 2. The first-order chi connectivity index (χ1) is 8.80. The Hall–Kier alpha value is -0.820. The topological polar surface area (TPSA) is 66.6 Å². The van der Waals surface area contributed by atoms with Crippen LogP contribution in [0.25, 0.3) is 0 Å². The lowest BCUT2D eigenvalue weighted by Crippen LogP contribution is -2.41. The fourth-order valence-corrected chi connectivity index (χ4v) is 2.07. The van der Waals surface area contributed by atoms with E-state index in [2.05, 4.69) is 0 Å². The molecule has 0 bridgehead atoms. The summed E-state index contributed by atoms with van der Waals surface area (Å²) in [6, 6.07) is 5.00. The van der Waals surface area contributed by atoms with Gasteiger partial charge in [-0.3, -0.25) is 4.79 Å². The zero-order chi connectivity index (χ0) is 14.6. The summed E-state index contributed by atoms with van der Waals surface area (Å²) in [4.78, 5) is 14.2. The lowest BCUT2D eigenvalue weighted by Gasteiger charge is -2.31. The summed E-state index contributed by atoms with van der Waals surface area (Å²) < 4.78 is 0.736. The van der Waals surface area contributed by atoms with Gasteiger partial charge >= 0.3 is 0 Å². The van der Waals surface area contributed by atoms with Gasteiger partial charge in [0, 0.05) is 18.7 Å². The highest BCUT2D eigenvalue weighted by atomic mass is 127. The Bertz CT molecular complexity index is 461. The van der Waals surface area contributed by atoms with Crippen LogP contribution in [0.2, 0.25) is 0 Å². The molecule has 0 saturated heterocycles. The number of benzene rings is 1. The molecule has 1 rings (SSSR count). The van der Waals surface area contributed by atoms with Gasteiger partial charge in [-0.15, -0.1) is 0 Å². The second-order valence-corrected chi connectivity index (χ2v) is 6.52. The van der Waals surface area contributed by atoms with Crippen molar-refractivity contribution in [2.45, 2.75) is 20.8 Å². The van der Waals surface area contributed by atoms with Crippen molar-refractivity contribution >= 4 is 28.5 Å². The highest BCUT2D eigenvalue weighted by molar-refractivity contribution is 14.1. The van der Waals surface area contributed by atoms with Gasteiger partial charge in [0.25, 0.3) is 5.91 Å². The molecule has 0 unspecified atom stereocenters. The van der Waals surface area contributed by atoms with E-state index in [-0.39, 0.29) is 17.1 Å². The fourth-order valence-electron chi connectivity index (χ4n) is 1.74. The van der Waals surface area contributed by atoms with Gasteiger partial charge in [-0.2, -0.15) is 0 Å². The average molecular weight is 376 g/mol. The maximum atomic E-state index is 12.4. The number of halogens is 1. The Kier molecular flexibility index (Phi) is 5.61. The van der Waals surface area contributed by atoms with Crippen molar-refractivity contribution in [2.75, 3.05) is 19.6 Å². The molecule has 0 atom stereocenters. The number of phenols is 1. The van der Waals surface area contributed by atoms with Gasteiger partial charge in [0.05, 0.1) is 3.57 Å². The van der Waals surface area contributed by atoms with Crippen molar-refractivity contribution < 1.29 is 9.90 Å². The molecule has 0 aliphatic rings. The average Bonchev–Trinajstić information content (AvgIpc) is 2.38. The van der Waals surface area contributed by atoms with E-state index >= 15 is 0 Å². The molecule has 1 aromatic carbocycles. The minimum atomic E-state index is -0.114. The molecule has 1 amide bonds. The third-order valence-corrected chi connectivity index (χ3v) is 3.95. The zero-order valence-electron chi connectivity index (χ0n) is 11.6. The number of phenolic OH excluding ortho intramolecular Hbond substituents is 1. The molecule has 0 fully saturated rings. The predicted octanol–water partition coefficient (Wildman–Crippen LogP) is 2.44. The first-order valence-corrected chi connectivity index (χ1v) is 7.36. The molecule has 0 radical (unpaired) electrons. The molecule has 0 saturated carbocycles. The number of rotatable bonds is 5. The number of carbonyl (C=O) groups excluding carboxylic acids is 1. The largest absolute Gasteiger partial charge is 0.507 e. The summed E-state index contributed by atoms with van der Waals surface area (Å²) in [6.45, 7) is 7.76. The summed E-state index contributed by atoms with van der Waals surface area (Å²) in [6.07, 6.45) is 0. The van der Waals surface area contributed by atoms with E-state index < -0.39 is 0 Å². The van der Waals surface area contributed by atoms with Crippen LogP contribution in [0.1, 0.15) is 31.1 Å². The van der Waals surface area contributed by atoms with Crippen LogP contribution in [-0.4, -0.2) is 35.5 Å². The Morgan fingerprint density at radius 2 is 2.11 bits per heavy atom. The van der Waals surface area contributed by atoms with Crippen molar-refractivity contribution in [2.24, 2.45) is 11.1 Å². The van der Waals surface area contributed by atoms with Crippen molar-refractivity contribution in [1.29, 1.82) is 0 Å². The number of nitrogens with two attached hydrogens (primary N) is 1.